The van der Waals surface area contributed by atoms with E-state index in [1.54, 1.807) is 43.3 Å². The zero-order chi connectivity index (χ0) is 23.1. The third kappa shape index (κ3) is 5.80. The highest BCUT2D eigenvalue weighted by atomic mass is 32.2. The molecule has 0 atom stereocenters. The van der Waals surface area contributed by atoms with Gasteiger partial charge < -0.3 is 21.3 Å². The smallest absolute Gasteiger partial charge is 0.319 e. The lowest BCUT2D eigenvalue weighted by Gasteiger charge is -2.19. The number of nitrogens with two attached hydrogens (primary N) is 1. The summed E-state index contributed by atoms with van der Waals surface area (Å²) in [5.41, 5.74) is 1.31. The molecule has 3 rings (SSSR count). The molecule has 0 bridgehead atoms. The van der Waals surface area contributed by atoms with Crippen LogP contribution in [0.4, 0.5) is 27.5 Å². The van der Waals surface area contributed by atoms with Crippen molar-refractivity contribution in [2.45, 2.75) is 11.8 Å². The molecule has 0 saturated heterocycles. The van der Waals surface area contributed by atoms with Gasteiger partial charge >= 0.3 is 6.03 Å². The molecule has 1 heterocycles. The van der Waals surface area contributed by atoms with Crippen LogP contribution in [0, 0.1) is 0 Å². The second kappa shape index (κ2) is 9.90. The van der Waals surface area contributed by atoms with Gasteiger partial charge in [-0.1, -0.05) is 18.2 Å². The average molecular weight is 455 g/mol. The van der Waals surface area contributed by atoms with E-state index in [9.17, 15) is 18.0 Å². The lowest BCUT2D eigenvalue weighted by Crippen LogP contribution is -2.29. The van der Waals surface area contributed by atoms with Gasteiger partial charge in [0.05, 0.1) is 27.5 Å². The Morgan fingerprint density at radius 1 is 1.00 bits per heavy atom. The number of benzene rings is 2. The Morgan fingerprint density at radius 2 is 1.72 bits per heavy atom. The summed E-state index contributed by atoms with van der Waals surface area (Å²) in [6, 6.07) is 14.0. The zero-order valence-corrected chi connectivity index (χ0v) is 17.9. The Labute approximate surface area is 185 Å². The van der Waals surface area contributed by atoms with Crippen molar-refractivity contribution in [2.24, 2.45) is 5.14 Å². The van der Waals surface area contributed by atoms with E-state index >= 15 is 0 Å². The molecule has 32 heavy (non-hydrogen) atoms. The molecule has 0 unspecified atom stereocenters. The number of hydrogen-bond acceptors (Lipinski definition) is 6. The fraction of sp³-hybridized carbons (Fsp3) is 0.0952. The van der Waals surface area contributed by atoms with Crippen LogP contribution in [-0.4, -0.2) is 31.9 Å². The van der Waals surface area contributed by atoms with E-state index in [1.165, 1.54) is 24.5 Å². The minimum absolute atomic E-state index is 0.0400. The Kier molecular flexibility index (Phi) is 7.03. The van der Waals surface area contributed by atoms with Gasteiger partial charge in [-0.2, -0.15) is 0 Å². The van der Waals surface area contributed by atoms with E-state index in [0.717, 1.165) is 0 Å². The van der Waals surface area contributed by atoms with Gasteiger partial charge in [-0.15, -0.1) is 0 Å². The first kappa shape index (κ1) is 22.7. The van der Waals surface area contributed by atoms with Crippen molar-refractivity contribution in [1.82, 2.24) is 10.3 Å². The molecule has 166 valence electrons. The first-order valence-corrected chi connectivity index (χ1v) is 11.1. The molecule has 0 radical (unpaired) electrons. The Balaban J connectivity index is 2.13. The van der Waals surface area contributed by atoms with Crippen LogP contribution < -0.4 is 26.4 Å². The van der Waals surface area contributed by atoms with Crippen LogP contribution in [0.15, 0.2) is 71.9 Å². The zero-order valence-electron chi connectivity index (χ0n) is 17.1. The monoisotopic (exact) mass is 454 g/mol. The number of nitrogens with zero attached hydrogens (tertiary/aromatic N) is 1. The SMILES string of the molecule is CCNC(=O)Nc1cc(S(N)(=O)=O)cc(Nc2ccccc2)c1NC(=O)c1cccnc1. The standard InChI is InChI=1S/C21H22N6O4S/c1-2-24-21(29)26-18-12-16(32(22,30)31)11-17(25-15-8-4-3-5-9-15)19(18)27-20(28)14-7-6-10-23-13-14/h3-13,25H,2H2,1H3,(H,27,28)(H2,22,30,31)(H2,24,26,29). The third-order valence-corrected chi connectivity index (χ3v) is 5.13. The summed E-state index contributed by atoms with van der Waals surface area (Å²) in [6.07, 6.45) is 2.91. The molecule has 10 nitrogen and oxygen atoms in total. The van der Waals surface area contributed by atoms with E-state index < -0.39 is 22.0 Å². The summed E-state index contributed by atoms with van der Waals surface area (Å²) < 4.78 is 24.2. The van der Waals surface area contributed by atoms with Crippen LogP contribution in [0.3, 0.4) is 0 Å². The summed E-state index contributed by atoms with van der Waals surface area (Å²) in [7, 11) is -4.12. The highest BCUT2D eigenvalue weighted by Crippen LogP contribution is 2.36. The lowest BCUT2D eigenvalue weighted by atomic mass is 10.2. The van der Waals surface area contributed by atoms with Crippen molar-refractivity contribution < 1.29 is 18.0 Å². The van der Waals surface area contributed by atoms with E-state index in [1.807, 2.05) is 6.07 Å². The maximum atomic E-state index is 12.8. The van der Waals surface area contributed by atoms with Gasteiger partial charge in [0.1, 0.15) is 0 Å². The van der Waals surface area contributed by atoms with Crippen molar-refractivity contribution in [3.8, 4) is 0 Å². The van der Waals surface area contributed by atoms with Gasteiger partial charge in [-0.25, -0.2) is 18.4 Å². The topological polar surface area (TPSA) is 155 Å². The van der Waals surface area contributed by atoms with Gasteiger partial charge in [0, 0.05) is 24.6 Å². The number of urea groups is 1. The summed E-state index contributed by atoms with van der Waals surface area (Å²) in [5, 5.41) is 16.3. The van der Waals surface area contributed by atoms with Crippen molar-refractivity contribution >= 4 is 44.7 Å². The molecule has 0 spiro atoms. The summed E-state index contributed by atoms with van der Waals surface area (Å²) in [5.74, 6) is -0.503. The Morgan fingerprint density at radius 3 is 2.34 bits per heavy atom. The molecule has 6 N–H and O–H groups in total. The normalized spacial score (nSPS) is 10.8. The molecule has 0 saturated carbocycles. The molecule has 0 fully saturated rings. The number of primary sulfonamides is 1. The highest BCUT2D eigenvalue weighted by Gasteiger charge is 2.20. The number of carbonyl (C=O) groups is 2. The third-order valence-electron chi connectivity index (χ3n) is 4.24. The van der Waals surface area contributed by atoms with Crippen molar-refractivity contribution in [2.75, 3.05) is 22.5 Å². The van der Waals surface area contributed by atoms with Gasteiger partial charge in [0.2, 0.25) is 10.0 Å². The highest BCUT2D eigenvalue weighted by molar-refractivity contribution is 7.89. The van der Waals surface area contributed by atoms with E-state index in [4.69, 9.17) is 5.14 Å². The molecule has 0 aliphatic heterocycles. The number of carbonyl (C=O) groups excluding carboxylic acids is 2. The number of pyridine rings is 1. The van der Waals surface area contributed by atoms with Crippen molar-refractivity contribution in [1.29, 1.82) is 0 Å². The Bertz CT molecular complexity index is 1220. The summed E-state index contributed by atoms with van der Waals surface area (Å²) >= 11 is 0. The fourth-order valence-corrected chi connectivity index (χ4v) is 3.36. The largest absolute Gasteiger partial charge is 0.354 e. The number of para-hydroxylation sites is 1. The van der Waals surface area contributed by atoms with Gasteiger partial charge in [0.25, 0.3) is 5.91 Å². The second-order valence-corrected chi connectivity index (χ2v) is 8.17. The van der Waals surface area contributed by atoms with Crippen LogP contribution in [0.2, 0.25) is 0 Å². The lowest BCUT2D eigenvalue weighted by molar-refractivity contribution is 0.102. The van der Waals surface area contributed by atoms with E-state index in [0.29, 0.717) is 12.2 Å². The van der Waals surface area contributed by atoms with Crippen molar-refractivity contribution in [3.63, 3.8) is 0 Å². The fourth-order valence-electron chi connectivity index (χ4n) is 2.80. The summed E-state index contributed by atoms with van der Waals surface area (Å²) in [6.45, 7) is 2.07. The predicted octanol–water partition coefficient (Wildman–Crippen LogP) is 2.87. The molecule has 1 aromatic heterocycles. The summed E-state index contributed by atoms with van der Waals surface area (Å²) in [4.78, 5) is 28.7. The maximum Gasteiger partial charge on any atom is 0.319 e. The minimum atomic E-state index is -4.12. The molecule has 3 aromatic rings. The van der Waals surface area contributed by atoms with Crippen LogP contribution in [-0.2, 0) is 10.0 Å². The number of anilines is 4. The number of aromatic nitrogens is 1. The number of nitrogens with one attached hydrogen (secondary N) is 4. The number of rotatable bonds is 7. The first-order valence-electron chi connectivity index (χ1n) is 9.57. The van der Waals surface area contributed by atoms with Gasteiger partial charge in [0.15, 0.2) is 0 Å². The molecule has 3 amide bonds. The predicted molar refractivity (Wildman–Crippen MR) is 122 cm³/mol. The molecule has 0 aliphatic rings. The number of hydrogen-bond donors (Lipinski definition) is 5. The number of amides is 3. The maximum absolute atomic E-state index is 12.8. The minimum Gasteiger partial charge on any atom is -0.354 e. The van der Waals surface area contributed by atoms with Crippen molar-refractivity contribution in [3.05, 3.63) is 72.6 Å². The van der Waals surface area contributed by atoms with Crippen LogP contribution in [0.1, 0.15) is 17.3 Å². The van der Waals surface area contributed by atoms with Crippen LogP contribution in [0.5, 0.6) is 0 Å². The van der Waals surface area contributed by atoms with Crippen LogP contribution in [0.25, 0.3) is 0 Å². The second-order valence-electron chi connectivity index (χ2n) is 6.61. The molecule has 11 heteroatoms. The number of sulfonamides is 1. The van der Waals surface area contributed by atoms with Gasteiger partial charge in [-0.05, 0) is 43.3 Å². The molecular formula is C21H22N6O4S. The van der Waals surface area contributed by atoms with Gasteiger partial charge in [-0.3, -0.25) is 9.78 Å². The first-order chi connectivity index (χ1) is 15.3. The molecule has 0 aliphatic carbocycles. The molecule has 2 aromatic carbocycles. The Hall–Kier alpha value is -3.96. The van der Waals surface area contributed by atoms with Crippen LogP contribution >= 0.6 is 0 Å². The quantitative estimate of drug-likeness (QED) is 0.370. The van der Waals surface area contributed by atoms with E-state index in [-0.39, 0.29) is 27.5 Å². The van der Waals surface area contributed by atoms with E-state index in [2.05, 4.69) is 26.3 Å². The molecular weight excluding hydrogens is 432 g/mol. The average Bonchev–Trinajstić information content (AvgIpc) is 2.76.